The van der Waals surface area contributed by atoms with Gasteiger partial charge in [-0.15, -0.1) is 0 Å². The quantitative estimate of drug-likeness (QED) is 0.769. The first-order valence-electron chi connectivity index (χ1n) is 6.91. The average Bonchev–Trinajstić information content (AvgIpc) is 2.93. The lowest BCUT2D eigenvalue weighted by Crippen LogP contribution is -2.23. The van der Waals surface area contributed by atoms with Crippen molar-refractivity contribution >= 4 is 0 Å². The summed E-state index contributed by atoms with van der Waals surface area (Å²) in [5.74, 6) is 0.939. The van der Waals surface area contributed by atoms with E-state index >= 15 is 0 Å². The Bertz CT molecular complexity index is 411. The predicted molar refractivity (Wildman–Crippen MR) is 76.0 cm³/mol. The maximum atomic E-state index is 5.32. The van der Waals surface area contributed by atoms with Gasteiger partial charge in [0, 0.05) is 0 Å². The Morgan fingerprint density at radius 1 is 1.39 bits per heavy atom. The zero-order valence-corrected chi connectivity index (χ0v) is 11.4. The number of ether oxygens (including phenoxy) is 1. The van der Waals surface area contributed by atoms with Crippen LogP contribution in [0.4, 0.5) is 0 Å². The smallest absolute Gasteiger partial charge is 0.119 e. The highest BCUT2D eigenvalue weighted by Crippen LogP contribution is 2.32. The van der Waals surface area contributed by atoms with Gasteiger partial charge in [-0.25, -0.2) is 0 Å². The Morgan fingerprint density at radius 3 is 2.94 bits per heavy atom. The van der Waals surface area contributed by atoms with E-state index in [-0.39, 0.29) is 0 Å². The molecule has 0 heterocycles. The SMILES string of the molecule is CCCNC(C1=CCCC1)c1cccc(OC)c1. The van der Waals surface area contributed by atoms with E-state index < -0.39 is 0 Å². The molecule has 0 saturated heterocycles. The lowest BCUT2D eigenvalue weighted by Gasteiger charge is -2.21. The van der Waals surface area contributed by atoms with Crippen LogP contribution in [-0.2, 0) is 0 Å². The predicted octanol–water partition coefficient (Wildman–Crippen LogP) is 3.85. The van der Waals surface area contributed by atoms with E-state index in [1.165, 1.54) is 30.4 Å². The first kappa shape index (κ1) is 13.2. The van der Waals surface area contributed by atoms with Crippen molar-refractivity contribution < 1.29 is 4.74 Å². The van der Waals surface area contributed by atoms with E-state index in [9.17, 15) is 0 Å². The van der Waals surface area contributed by atoms with Gasteiger partial charge in [-0.1, -0.05) is 30.7 Å². The maximum Gasteiger partial charge on any atom is 0.119 e. The van der Waals surface area contributed by atoms with Crippen LogP contribution in [0.5, 0.6) is 5.75 Å². The molecule has 1 aromatic carbocycles. The van der Waals surface area contributed by atoms with Gasteiger partial charge in [0.2, 0.25) is 0 Å². The average molecular weight is 245 g/mol. The molecule has 1 aromatic rings. The number of nitrogens with one attached hydrogen (secondary N) is 1. The molecule has 0 aliphatic heterocycles. The summed E-state index contributed by atoms with van der Waals surface area (Å²) in [6.45, 7) is 3.26. The van der Waals surface area contributed by atoms with Gasteiger partial charge in [0.1, 0.15) is 5.75 Å². The maximum absolute atomic E-state index is 5.32. The number of hydrogen-bond acceptors (Lipinski definition) is 2. The third-order valence-electron chi connectivity index (χ3n) is 3.47. The molecule has 98 valence electrons. The molecule has 2 nitrogen and oxygen atoms in total. The lowest BCUT2D eigenvalue weighted by atomic mass is 9.97. The highest BCUT2D eigenvalue weighted by molar-refractivity contribution is 5.35. The van der Waals surface area contributed by atoms with Crippen molar-refractivity contribution in [3.63, 3.8) is 0 Å². The topological polar surface area (TPSA) is 21.3 Å². The molecule has 0 saturated carbocycles. The van der Waals surface area contributed by atoms with Crippen LogP contribution in [0.15, 0.2) is 35.9 Å². The molecule has 18 heavy (non-hydrogen) atoms. The van der Waals surface area contributed by atoms with Crippen LogP contribution >= 0.6 is 0 Å². The van der Waals surface area contributed by atoms with Gasteiger partial charge in [0.15, 0.2) is 0 Å². The molecule has 1 aliphatic rings. The van der Waals surface area contributed by atoms with Crippen molar-refractivity contribution in [2.75, 3.05) is 13.7 Å². The van der Waals surface area contributed by atoms with E-state index in [0.717, 1.165) is 18.7 Å². The van der Waals surface area contributed by atoms with E-state index in [0.29, 0.717) is 6.04 Å². The molecule has 2 heteroatoms. The lowest BCUT2D eigenvalue weighted by molar-refractivity contribution is 0.413. The minimum Gasteiger partial charge on any atom is -0.497 e. The summed E-state index contributed by atoms with van der Waals surface area (Å²) >= 11 is 0. The molecule has 0 fully saturated rings. The Morgan fingerprint density at radius 2 is 2.28 bits per heavy atom. The number of methoxy groups -OCH3 is 1. The Hall–Kier alpha value is -1.28. The summed E-state index contributed by atoms with van der Waals surface area (Å²) in [5.41, 5.74) is 2.85. The summed E-state index contributed by atoms with van der Waals surface area (Å²) in [7, 11) is 1.72. The fourth-order valence-corrected chi connectivity index (χ4v) is 2.53. The third kappa shape index (κ3) is 3.14. The van der Waals surface area contributed by atoms with E-state index in [1.807, 2.05) is 6.07 Å². The molecule has 1 atom stereocenters. The normalized spacial score (nSPS) is 16.4. The standard InChI is InChI=1S/C16H23NO/c1-3-11-17-16(13-7-4-5-8-13)14-9-6-10-15(12-14)18-2/h6-7,9-10,12,16-17H,3-5,8,11H2,1-2H3. The number of hydrogen-bond donors (Lipinski definition) is 1. The van der Waals surface area contributed by atoms with Crippen molar-refractivity contribution in [2.24, 2.45) is 0 Å². The monoisotopic (exact) mass is 245 g/mol. The van der Waals surface area contributed by atoms with Crippen LogP contribution in [0.3, 0.4) is 0 Å². The fraction of sp³-hybridized carbons (Fsp3) is 0.500. The van der Waals surface area contributed by atoms with Gasteiger partial charge in [0.25, 0.3) is 0 Å². The van der Waals surface area contributed by atoms with Crippen LogP contribution in [-0.4, -0.2) is 13.7 Å². The van der Waals surface area contributed by atoms with Crippen molar-refractivity contribution in [1.29, 1.82) is 0 Å². The molecule has 0 aromatic heterocycles. The van der Waals surface area contributed by atoms with Crippen molar-refractivity contribution in [3.05, 3.63) is 41.5 Å². The molecule has 2 rings (SSSR count). The highest BCUT2D eigenvalue weighted by Gasteiger charge is 2.18. The zero-order chi connectivity index (χ0) is 12.8. The van der Waals surface area contributed by atoms with Gasteiger partial charge in [-0.05, 0) is 49.9 Å². The Labute approximate surface area is 110 Å². The largest absolute Gasteiger partial charge is 0.497 e. The number of rotatable bonds is 6. The molecule has 0 bridgehead atoms. The molecular formula is C16H23NO. The first-order chi connectivity index (χ1) is 8.85. The highest BCUT2D eigenvalue weighted by atomic mass is 16.5. The Balaban J connectivity index is 2.20. The van der Waals surface area contributed by atoms with Gasteiger partial charge >= 0.3 is 0 Å². The van der Waals surface area contributed by atoms with Gasteiger partial charge in [0.05, 0.1) is 13.2 Å². The summed E-state index contributed by atoms with van der Waals surface area (Å²) in [5, 5.41) is 3.66. The van der Waals surface area contributed by atoms with Crippen molar-refractivity contribution in [3.8, 4) is 5.75 Å². The number of benzene rings is 1. The minimum absolute atomic E-state index is 0.363. The molecule has 1 unspecified atom stereocenters. The van der Waals surface area contributed by atoms with Crippen LogP contribution in [0.2, 0.25) is 0 Å². The van der Waals surface area contributed by atoms with E-state index in [2.05, 4.69) is 36.5 Å². The zero-order valence-electron chi connectivity index (χ0n) is 11.4. The first-order valence-corrected chi connectivity index (χ1v) is 6.91. The van der Waals surface area contributed by atoms with Crippen LogP contribution in [0, 0.1) is 0 Å². The van der Waals surface area contributed by atoms with E-state index in [4.69, 9.17) is 4.74 Å². The van der Waals surface area contributed by atoms with Crippen LogP contribution < -0.4 is 10.1 Å². The second-order valence-corrected chi connectivity index (χ2v) is 4.84. The molecule has 0 radical (unpaired) electrons. The molecule has 0 spiro atoms. The molecule has 1 N–H and O–H groups in total. The van der Waals surface area contributed by atoms with Crippen molar-refractivity contribution in [2.45, 2.75) is 38.6 Å². The van der Waals surface area contributed by atoms with E-state index in [1.54, 1.807) is 7.11 Å². The summed E-state index contributed by atoms with van der Waals surface area (Å²) in [6, 6.07) is 8.78. The second kappa shape index (κ2) is 6.60. The molecular weight excluding hydrogens is 222 g/mol. The number of allylic oxidation sites excluding steroid dienone is 1. The molecule has 0 amide bonds. The summed E-state index contributed by atoms with van der Waals surface area (Å²) < 4.78 is 5.32. The summed E-state index contributed by atoms with van der Waals surface area (Å²) in [4.78, 5) is 0. The van der Waals surface area contributed by atoms with Crippen LogP contribution in [0.25, 0.3) is 0 Å². The van der Waals surface area contributed by atoms with Gasteiger partial charge in [-0.3, -0.25) is 0 Å². The third-order valence-corrected chi connectivity index (χ3v) is 3.47. The van der Waals surface area contributed by atoms with Crippen molar-refractivity contribution in [1.82, 2.24) is 5.32 Å². The van der Waals surface area contributed by atoms with Gasteiger partial charge < -0.3 is 10.1 Å². The second-order valence-electron chi connectivity index (χ2n) is 4.84. The van der Waals surface area contributed by atoms with Gasteiger partial charge in [-0.2, -0.15) is 0 Å². The Kier molecular flexibility index (Phi) is 4.82. The summed E-state index contributed by atoms with van der Waals surface area (Å²) in [6.07, 6.45) is 7.30. The molecule has 1 aliphatic carbocycles. The minimum atomic E-state index is 0.363. The van der Waals surface area contributed by atoms with Crippen LogP contribution in [0.1, 0.15) is 44.2 Å². The fourth-order valence-electron chi connectivity index (χ4n) is 2.53.